The Morgan fingerprint density at radius 1 is 1.14 bits per heavy atom. The number of nitrogens with zero attached hydrogens (tertiary/aromatic N) is 7. The average Bonchev–Trinajstić information content (AvgIpc) is 3.44. The maximum absolute atomic E-state index is 13.6. The van der Waals surface area contributed by atoms with Gasteiger partial charge in [-0.05, 0) is 44.4 Å². The summed E-state index contributed by atoms with van der Waals surface area (Å²) in [6.45, 7) is 0.542. The van der Waals surface area contributed by atoms with Crippen molar-refractivity contribution in [3.05, 3.63) is 66.4 Å². The molecule has 2 N–H and O–H groups in total. The minimum Gasteiger partial charge on any atom is -0.494 e. The van der Waals surface area contributed by atoms with E-state index >= 15 is 0 Å². The van der Waals surface area contributed by atoms with Crippen LogP contribution in [0.1, 0.15) is 23.7 Å². The van der Waals surface area contributed by atoms with Crippen molar-refractivity contribution in [2.75, 3.05) is 27.7 Å². The Hall–Kier alpha value is -3.96. The number of ether oxygens (including phenoxy) is 1. The number of halogens is 2. The van der Waals surface area contributed by atoms with E-state index in [0.29, 0.717) is 40.5 Å². The summed E-state index contributed by atoms with van der Waals surface area (Å²) >= 11 is 0. The maximum Gasteiger partial charge on any atom is 0.263 e. The van der Waals surface area contributed by atoms with Gasteiger partial charge < -0.3 is 15.4 Å². The molecule has 0 saturated carbocycles. The van der Waals surface area contributed by atoms with Crippen molar-refractivity contribution < 1.29 is 13.5 Å². The first-order chi connectivity index (χ1) is 16.9. The maximum atomic E-state index is 13.6. The van der Waals surface area contributed by atoms with Crippen molar-refractivity contribution in [2.45, 2.75) is 12.5 Å². The van der Waals surface area contributed by atoms with Crippen LogP contribution in [0.15, 0.2) is 55.1 Å². The van der Waals surface area contributed by atoms with E-state index in [0.717, 1.165) is 10.9 Å². The van der Waals surface area contributed by atoms with E-state index in [2.05, 4.69) is 15.1 Å². The molecule has 0 amide bonds. The van der Waals surface area contributed by atoms with Gasteiger partial charge in [-0.1, -0.05) is 0 Å². The summed E-state index contributed by atoms with van der Waals surface area (Å²) in [6.07, 6.45) is 4.23. The van der Waals surface area contributed by atoms with Gasteiger partial charge >= 0.3 is 0 Å². The Bertz CT molecular complexity index is 1510. The van der Waals surface area contributed by atoms with Crippen LogP contribution < -0.4 is 10.5 Å². The van der Waals surface area contributed by atoms with E-state index in [1.54, 1.807) is 40.1 Å². The molecule has 1 unspecified atom stereocenters. The molecule has 180 valence electrons. The van der Waals surface area contributed by atoms with Gasteiger partial charge in [0.15, 0.2) is 5.65 Å². The first-order valence-electron chi connectivity index (χ1n) is 10.9. The molecule has 0 bridgehead atoms. The zero-order valence-corrected chi connectivity index (χ0v) is 19.4. The summed E-state index contributed by atoms with van der Waals surface area (Å²) < 4.78 is 35.9. The Labute approximate surface area is 199 Å². The normalized spacial score (nSPS) is 12.8. The van der Waals surface area contributed by atoms with Crippen LogP contribution in [0.25, 0.3) is 33.5 Å². The largest absolute Gasteiger partial charge is 0.494 e. The highest BCUT2D eigenvalue weighted by atomic mass is 19.3. The molecular weight excluding hydrogens is 454 g/mol. The molecular formula is C24H24F2N8O. The van der Waals surface area contributed by atoms with E-state index in [4.69, 9.17) is 15.6 Å². The SMILES string of the molecule is COc1ccc(C(F)F)cc1-n1nc(C(N)CN(C)C)c2cnc(-c3cnn4cccnc34)cc21. The fourth-order valence-electron chi connectivity index (χ4n) is 4.13. The smallest absolute Gasteiger partial charge is 0.263 e. The van der Waals surface area contributed by atoms with Crippen LogP contribution >= 0.6 is 0 Å². The number of methoxy groups -OCH3 is 1. The molecule has 0 spiro atoms. The lowest BCUT2D eigenvalue weighted by Gasteiger charge is -2.15. The Balaban J connectivity index is 1.76. The number of likely N-dealkylation sites (N-methyl/N-ethyl adjacent to an activating group) is 1. The van der Waals surface area contributed by atoms with E-state index in [-0.39, 0.29) is 5.56 Å². The van der Waals surface area contributed by atoms with Crippen LogP contribution in [0.2, 0.25) is 0 Å². The number of hydrogen-bond acceptors (Lipinski definition) is 7. The van der Waals surface area contributed by atoms with Crippen LogP contribution in [0.4, 0.5) is 8.78 Å². The number of hydrogen-bond donors (Lipinski definition) is 1. The summed E-state index contributed by atoms with van der Waals surface area (Å²) in [4.78, 5) is 11.0. The second-order valence-electron chi connectivity index (χ2n) is 8.43. The summed E-state index contributed by atoms with van der Waals surface area (Å²) in [7, 11) is 5.33. The molecule has 0 fully saturated rings. The van der Waals surface area contributed by atoms with Gasteiger partial charge in [0.1, 0.15) is 11.4 Å². The molecule has 1 atom stereocenters. The molecule has 0 radical (unpaired) electrons. The Morgan fingerprint density at radius 2 is 1.97 bits per heavy atom. The van der Waals surface area contributed by atoms with E-state index in [1.165, 1.54) is 25.3 Å². The van der Waals surface area contributed by atoms with Gasteiger partial charge in [-0.15, -0.1) is 0 Å². The van der Waals surface area contributed by atoms with Crippen LogP contribution in [-0.4, -0.2) is 62.0 Å². The van der Waals surface area contributed by atoms with Gasteiger partial charge in [0.05, 0.1) is 41.8 Å². The van der Waals surface area contributed by atoms with Gasteiger partial charge in [0.2, 0.25) is 0 Å². The van der Waals surface area contributed by atoms with Crippen LogP contribution in [0, 0.1) is 0 Å². The highest BCUT2D eigenvalue weighted by Gasteiger charge is 2.23. The lowest BCUT2D eigenvalue weighted by molar-refractivity contribution is 0.151. The van der Waals surface area contributed by atoms with Gasteiger partial charge in [0.25, 0.3) is 6.43 Å². The van der Waals surface area contributed by atoms with Gasteiger partial charge in [-0.25, -0.2) is 23.0 Å². The monoisotopic (exact) mass is 478 g/mol. The molecule has 35 heavy (non-hydrogen) atoms. The molecule has 9 nitrogen and oxygen atoms in total. The highest BCUT2D eigenvalue weighted by Crippen LogP contribution is 2.34. The molecule has 11 heteroatoms. The second-order valence-corrected chi connectivity index (χ2v) is 8.43. The second kappa shape index (κ2) is 9.01. The number of fused-ring (bicyclic) bond motifs is 2. The van der Waals surface area contributed by atoms with Crippen molar-refractivity contribution >= 4 is 16.6 Å². The third-order valence-electron chi connectivity index (χ3n) is 5.75. The van der Waals surface area contributed by atoms with Gasteiger partial charge in [-0.2, -0.15) is 10.2 Å². The summed E-state index contributed by atoms with van der Waals surface area (Å²) in [6, 6.07) is 7.44. The topological polar surface area (TPSA) is 99.4 Å². The van der Waals surface area contributed by atoms with Crippen LogP contribution in [0.5, 0.6) is 5.75 Å². The number of benzene rings is 1. The molecule has 5 rings (SSSR count). The average molecular weight is 479 g/mol. The van der Waals surface area contributed by atoms with Crippen molar-refractivity contribution in [3.63, 3.8) is 0 Å². The predicted molar refractivity (Wildman–Crippen MR) is 128 cm³/mol. The standard InChI is InChI=1S/C24H24F2N8O/c1-32(2)13-17(27)22-16-11-29-18(15-12-30-33-8-4-7-28-24(15)33)10-19(16)34(31-22)20-9-14(23(25)26)5-6-21(20)35-3/h4-12,17,23H,13,27H2,1-3H3. The van der Waals surface area contributed by atoms with Crippen LogP contribution in [-0.2, 0) is 0 Å². The first-order valence-corrected chi connectivity index (χ1v) is 10.9. The molecule has 4 aromatic heterocycles. The Morgan fingerprint density at radius 3 is 2.71 bits per heavy atom. The van der Waals surface area contributed by atoms with Gasteiger partial charge in [0, 0.05) is 36.1 Å². The van der Waals surface area contributed by atoms with Gasteiger partial charge in [-0.3, -0.25) is 4.98 Å². The summed E-state index contributed by atoms with van der Waals surface area (Å²) in [5, 5.41) is 9.83. The number of rotatable bonds is 7. The highest BCUT2D eigenvalue weighted by molar-refractivity contribution is 5.88. The zero-order valence-electron chi connectivity index (χ0n) is 19.4. The fourth-order valence-corrected chi connectivity index (χ4v) is 4.13. The number of nitrogens with two attached hydrogens (primary N) is 1. The third kappa shape index (κ3) is 4.08. The van der Waals surface area contributed by atoms with E-state index in [9.17, 15) is 8.78 Å². The predicted octanol–water partition coefficient (Wildman–Crippen LogP) is 3.64. The molecule has 4 heterocycles. The van der Waals surface area contributed by atoms with Crippen molar-refractivity contribution in [1.82, 2.24) is 34.3 Å². The quantitative estimate of drug-likeness (QED) is 0.381. The number of alkyl halides is 2. The molecule has 5 aromatic rings. The minimum atomic E-state index is -2.64. The lowest BCUT2D eigenvalue weighted by Crippen LogP contribution is -2.26. The van der Waals surface area contributed by atoms with E-state index in [1.807, 2.05) is 25.1 Å². The summed E-state index contributed by atoms with van der Waals surface area (Å²) in [5.41, 5.74) is 9.99. The van der Waals surface area contributed by atoms with Crippen molar-refractivity contribution in [1.29, 1.82) is 0 Å². The molecule has 0 saturated heterocycles. The lowest BCUT2D eigenvalue weighted by atomic mass is 10.1. The number of aromatic nitrogens is 6. The molecule has 0 aliphatic carbocycles. The molecule has 0 aliphatic rings. The minimum absolute atomic E-state index is 0.135. The molecule has 1 aromatic carbocycles. The molecule has 0 aliphatic heterocycles. The van der Waals surface area contributed by atoms with Crippen molar-refractivity contribution in [2.24, 2.45) is 5.73 Å². The van der Waals surface area contributed by atoms with E-state index < -0.39 is 12.5 Å². The summed E-state index contributed by atoms with van der Waals surface area (Å²) in [5.74, 6) is 0.405. The third-order valence-corrected chi connectivity index (χ3v) is 5.75. The first kappa shape index (κ1) is 22.8. The Kier molecular flexibility index (Phi) is 5.87. The zero-order chi connectivity index (χ0) is 24.7. The van der Waals surface area contributed by atoms with Crippen molar-refractivity contribution in [3.8, 4) is 22.7 Å². The van der Waals surface area contributed by atoms with Crippen LogP contribution in [0.3, 0.4) is 0 Å². The number of pyridine rings is 1. The fraction of sp³-hybridized carbons (Fsp3) is 0.250.